The molecule has 1 heterocycles. The number of hydrogen-bond acceptors (Lipinski definition) is 3. The van der Waals surface area contributed by atoms with Gasteiger partial charge in [-0.2, -0.15) is 0 Å². The Balaban J connectivity index is 2.16. The molecular formula is C17H22N4O2. The number of carbonyl (C=O) groups excluding carboxylic acids is 2. The number of imidazole rings is 1. The molecule has 0 atom stereocenters. The molecule has 0 aliphatic heterocycles. The van der Waals surface area contributed by atoms with Gasteiger partial charge in [-0.25, -0.2) is 4.98 Å². The number of aryl methyl sites for hydroxylation is 2. The molecule has 23 heavy (non-hydrogen) atoms. The van der Waals surface area contributed by atoms with E-state index in [2.05, 4.69) is 15.6 Å². The minimum absolute atomic E-state index is 0.144. The van der Waals surface area contributed by atoms with Gasteiger partial charge in [-0.1, -0.05) is 19.9 Å². The van der Waals surface area contributed by atoms with Crippen LogP contribution in [0.2, 0.25) is 0 Å². The Morgan fingerprint density at radius 1 is 1.26 bits per heavy atom. The Kier molecular flexibility index (Phi) is 5.16. The molecule has 0 fully saturated rings. The van der Waals surface area contributed by atoms with Crippen LogP contribution in [0, 0.1) is 12.8 Å². The van der Waals surface area contributed by atoms with Crippen LogP contribution in [0.1, 0.15) is 40.3 Å². The first-order chi connectivity index (χ1) is 10.9. The molecule has 2 amide bonds. The van der Waals surface area contributed by atoms with Crippen molar-refractivity contribution in [1.29, 1.82) is 0 Å². The van der Waals surface area contributed by atoms with Gasteiger partial charge in [0, 0.05) is 24.8 Å². The summed E-state index contributed by atoms with van der Waals surface area (Å²) in [5.41, 5.74) is 2.49. The summed E-state index contributed by atoms with van der Waals surface area (Å²) in [7, 11) is 1.75. The second-order valence-corrected chi connectivity index (χ2v) is 5.98. The highest BCUT2D eigenvalue weighted by atomic mass is 16.2. The highest BCUT2D eigenvalue weighted by Crippen LogP contribution is 2.18. The van der Waals surface area contributed by atoms with Gasteiger partial charge in [0.2, 0.25) is 0 Å². The maximum absolute atomic E-state index is 12.3. The van der Waals surface area contributed by atoms with Crippen molar-refractivity contribution in [2.75, 3.05) is 11.9 Å². The first kappa shape index (κ1) is 16.7. The molecular weight excluding hydrogens is 292 g/mol. The van der Waals surface area contributed by atoms with E-state index in [0.29, 0.717) is 29.4 Å². The van der Waals surface area contributed by atoms with Gasteiger partial charge < -0.3 is 15.2 Å². The van der Waals surface area contributed by atoms with Crippen LogP contribution in [0.4, 0.5) is 5.69 Å². The van der Waals surface area contributed by atoms with Crippen molar-refractivity contribution < 1.29 is 9.59 Å². The normalized spacial score (nSPS) is 10.7. The smallest absolute Gasteiger partial charge is 0.273 e. The molecule has 0 spiro atoms. The summed E-state index contributed by atoms with van der Waals surface area (Å²) < 4.78 is 1.64. The zero-order valence-corrected chi connectivity index (χ0v) is 13.9. The lowest BCUT2D eigenvalue weighted by Gasteiger charge is -2.12. The number of amides is 2. The Morgan fingerprint density at radius 2 is 2.00 bits per heavy atom. The average molecular weight is 314 g/mol. The number of nitrogens with one attached hydrogen (secondary N) is 2. The summed E-state index contributed by atoms with van der Waals surface area (Å²) in [5.74, 6) is -0.0176. The van der Waals surface area contributed by atoms with Gasteiger partial charge in [0.15, 0.2) is 0 Å². The first-order valence-electron chi connectivity index (χ1n) is 7.55. The standard InChI is InChI=1S/C17H22N4O2/c1-11(2)8-19-16(22)13-6-5-12(3)14(7-13)20-17(23)15-9-18-10-21(15)4/h5-7,9-11H,8H2,1-4H3,(H,19,22)(H,20,23). The molecule has 0 aliphatic rings. The van der Waals surface area contributed by atoms with Crippen molar-refractivity contribution in [3.63, 3.8) is 0 Å². The molecule has 6 nitrogen and oxygen atoms in total. The van der Waals surface area contributed by atoms with Gasteiger partial charge in [-0.15, -0.1) is 0 Å². The fraction of sp³-hybridized carbons (Fsp3) is 0.353. The fourth-order valence-electron chi connectivity index (χ4n) is 2.06. The summed E-state index contributed by atoms with van der Waals surface area (Å²) in [6.07, 6.45) is 3.07. The van der Waals surface area contributed by atoms with Crippen LogP contribution in [0.3, 0.4) is 0 Å². The van der Waals surface area contributed by atoms with Gasteiger partial charge in [0.05, 0.1) is 12.5 Å². The molecule has 1 aromatic carbocycles. The number of nitrogens with zero attached hydrogens (tertiary/aromatic N) is 2. The predicted octanol–water partition coefficient (Wildman–Crippen LogP) is 2.37. The second kappa shape index (κ2) is 7.09. The van der Waals surface area contributed by atoms with Gasteiger partial charge >= 0.3 is 0 Å². The molecule has 122 valence electrons. The van der Waals surface area contributed by atoms with Crippen molar-refractivity contribution in [1.82, 2.24) is 14.9 Å². The summed E-state index contributed by atoms with van der Waals surface area (Å²) >= 11 is 0. The molecule has 0 bridgehead atoms. The fourth-order valence-corrected chi connectivity index (χ4v) is 2.06. The van der Waals surface area contributed by atoms with Crippen molar-refractivity contribution in [2.45, 2.75) is 20.8 Å². The minimum atomic E-state index is -0.257. The average Bonchev–Trinajstić information content (AvgIpc) is 2.93. The van der Waals surface area contributed by atoms with E-state index in [4.69, 9.17) is 0 Å². The lowest BCUT2D eigenvalue weighted by Crippen LogP contribution is -2.27. The van der Waals surface area contributed by atoms with Gasteiger partial charge in [-0.05, 0) is 30.5 Å². The molecule has 0 saturated carbocycles. The first-order valence-corrected chi connectivity index (χ1v) is 7.55. The largest absolute Gasteiger partial charge is 0.352 e. The van der Waals surface area contributed by atoms with E-state index in [1.165, 1.54) is 6.20 Å². The van der Waals surface area contributed by atoms with Crippen molar-refractivity contribution in [3.8, 4) is 0 Å². The molecule has 2 rings (SSSR count). The molecule has 0 unspecified atom stereocenters. The van der Waals surface area contributed by atoms with E-state index in [-0.39, 0.29) is 11.8 Å². The highest BCUT2D eigenvalue weighted by Gasteiger charge is 2.13. The van der Waals surface area contributed by atoms with E-state index < -0.39 is 0 Å². The van der Waals surface area contributed by atoms with Gasteiger partial charge in [0.1, 0.15) is 5.69 Å². The monoisotopic (exact) mass is 314 g/mol. The van der Waals surface area contributed by atoms with E-state index in [9.17, 15) is 9.59 Å². The van der Waals surface area contributed by atoms with Crippen LogP contribution in [0.5, 0.6) is 0 Å². The number of rotatable bonds is 5. The topological polar surface area (TPSA) is 76.0 Å². The van der Waals surface area contributed by atoms with Crippen molar-refractivity contribution in [3.05, 3.63) is 47.5 Å². The Morgan fingerprint density at radius 3 is 2.61 bits per heavy atom. The maximum atomic E-state index is 12.3. The van der Waals surface area contributed by atoms with Crippen LogP contribution in [-0.2, 0) is 7.05 Å². The Bertz CT molecular complexity index is 719. The summed E-state index contributed by atoms with van der Waals surface area (Å²) in [6.45, 7) is 6.57. The highest BCUT2D eigenvalue weighted by molar-refractivity contribution is 6.04. The zero-order valence-electron chi connectivity index (χ0n) is 13.9. The van der Waals surface area contributed by atoms with Crippen molar-refractivity contribution in [2.24, 2.45) is 13.0 Å². The number of benzene rings is 1. The summed E-state index contributed by atoms with van der Waals surface area (Å²) in [5, 5.41) is 5.70. The van der Waals surface area contributed by atoms with E-state index in [1.54, 1.807) is 30.1 Å². The van der Waals surface area contributed by atoms with Crippen LogP contribution in [-0.4, -0.2) is 27.9 Å². The molecule has 0 aliphatic carbocycles. The van der Waals surface area contributed by atoms with Crippen molar-refractivity contribution >= 4 is 17.5 Å². The molecule has 1 aromatic heterocycles. The number of anilines is 1. The van der Waals surface area contributed by atoms with E-state index >= 15 is 0 Å². The molecule has 2 aromatic rings. The Hall–Kier alpha value is -2.63. The lowest BCUT2D eigenvalue weighted by atomic mass is 10.1. The predicted molar refractivity (Wildman–Crippen MR) is 89.5 cm³/mol. The van der Waals surface area contributed by atoms with E-state index in [1.807, 2.05) is 26.8 Å². The third-order valence-electron chi connectivity index (χ3n) is 3.47. The SMILES string of the molecule is Cc1ccc(C(=O)NCC(C)C)cc1NC(=O)c1cncn1C. The summed E-state index contributed by atoms with van der Waals surface area (Å²) in [6, 6.07) is 5.27. The molecule has 0 saturated heterocycles. The lowest BCUT2D eigenvalue weighted by molar-refractivity contribution is 0.0947. The third-order valence-corrected chi connectivity index (χ3v) is 3.47. The van der Waals surface area contributed by atoms with Gasteiger partial charge in [0.25, 0.3) is 11.8 Å². The van der Waals surface area contributed by atoms with Crippen LogP contribution < -0.4 is 10.6 Å². The Labute approximate surface area is 135 Å². The van der Waals surface area contributed by atoms with Gasteiger partial charge in [-0.3, -0.25) is 9.59 Å². The molecule has 2 N–H and O–H groups in total. The minimum Gasteiger partial charge on any atom is -0.352 e. The molecule has 0 radical (unpaired) electrons. The maximum Gasteiger partial charge on any atom is 0.273 e. The van der Waals surface area contributed by atoms with Crippen LogP contribution >= 0.6 is 0 Å². The zero-order chi connectivity index (χ0) is 17.0. The number of hydrogen-bond donors (Lipinski definition) is 2. The van der Waals surface area contributed by atoms with Crippen LogP contribution in [0.25, 0.3) is 0 Å². The summed E-state index contributed by atoms with van der Waals surface area (Å²) in [4.78, 5) is 28.3. The van der Waals surface area contributed by atoms with E-state index in [0.717, 1.165) is 5.56 Å². The quantitative estimate of drug-likeness (QED) is 0.889. The third kappa shape index (κ3) is 4.18. The van der Waals surface area contributed by atoms with Crippen LogP contribution in [0.15, 0.2) is 30.7 Å². The number of aromatic nitrogens is 2. The number of carbonyl (C=O) groups is 2. The molecule has 6 heteroatoms. The second-order valence-electron chi connectivity index (χ2n) is 5.98.